The van der Waals surface area contributed by atoms with Crippen molar-refractivity contribution in [2.24, 2.45) is 0 Å². The highest BCUT2D eigenvalue weighted by Gasteiger charge is 2.03. The second kappa shape index (κ2) is 4.89. The molecule has 4 nitrogen and oxygen atoms in total. The summed E-state index contributed by atoms with van der Waals surface area (Å²) in [7, 11) is 0. The van der Waals surface area contributed by atoms with Crippen LogP contribution in [-0.4, -0.2) is 9.97 Å². The van der Waals surface area contributed by atoms with Crippen LogP contribution in [0.25, 0.3) is 0 Å². The molecule has 0 amide bonds. The Morgan fingerprint density at radius 2 is 2.06 bits per heavy atom. The minimum absolute atomic E-state index is 0.435. The highest BCUT2D eigenvalue weighted by molar-refractivity contribution is 9.10. The topological polar surface area (TPSA) is 63.8 Å². The van der Waals surface area contributed by atoms with Gasteiger partial charge >= 0.3 is 0 Å². The number of halogens is 2. The number of benzene rings is 1. The molecule has 6 heteroatoms. The van der Waals surface area contributed by atoms with Crippen LogP contribution in [0.3, 0.4) is 0 Å². The first-order valence-corrected chi connectivity index (χ1v) is 6.05. The van der Waals surface area contributed by atoms with Gasteiger partial charge in [-0.3, -0.25) is 0 Å². The standard InChI is InChI=1S/C11H10BrClN4/c1-6-15-10(14)5-11(16-6)17-9-3-2-7(13)4-8(9)12/h2-5H,1H3,(H3,14,15,16,17). The molecule has 0 aliphatic heterocycles. The van der Waals surface area contributed by atoms with Crippen molar-refractivity contribution in [3.8, 4) is 0 Å². The van der Waals surface area contributed by atoms with Crippen molar-refractivity contribution in [3.63, 3.8) is 0 Å². The summed E-state index contributed by atoms with van der Waals surface area (Å²) < 4.78 is 0.861. The molecule has 0 fully saturated rings. The molecule has 17 heavy (non-hydrogen) atoms. The first-order valence-electron chi connectivity index (χ1n) is 4.88. The van der Waals surface area contributed by atoms with Crippen LogP contribution in [-0.2, 0) is 0 Å². The number of aromatic nitrogens is 2. The minimum Gasteiger partial charge on any atom is -0.384 e. The van der Waals surface area contributed by atoms with Crippen LogP contribution in [0.4, 0.5) is 17.3 Å². The van der Waals surface area contributed by atoms with Gasteiger partial charge in [0.2, 0.25) is 0 Å². The number of nitrogen functional groups attached to an aromatic ring is 1. The number of anilines is 3. The van der Waals surface area contributed by atoms with Crippen molar-refractivity contribution in [2.75, 3.05) is 11.1 Å². The van der Waals surface area contributed by atoms with Crippen molar-refractivity contribution in [2.45, 2.75) is 6.92 Å². The van der Waals surface area contributed by atoms with E-state index in [1.54, 1.807) is 25.1 Å². The van der Waals surface area contributed by atoms with Gasteiger partial charge in [-0.15, -0.1) is 0 Å². The van der Waals surface area contributed by atoms with E-state index in [9.17, 15) is 0 Å². The van der Waals surface area contributed by atoms with E-state index in [0.717, 1.165) is 10.2 Å². The molecule has 0 aliphatic carbocycles. The maximum Gasteiger partial charge on any atom is 0.136 e. The Balaban J connectivity index is 2.31. The minimum atomic E-state index is 0.435. The summed E-state index contributed by atoms with van der Waals surface area (Å²) in [5, 5.41) is 3.81. The van der Waals surface area contributed by atoms with Gasteiger partial charge < -0.3 is 11.1 Å². The fourth-order valence-electron chi connectivity index (χ4n) is 1.38. The van der Waals surface area contributed by atoms with E-state index in [1.807, 2.05) is 6.07 Å². The molecule has 1 aromatic carbocycles. The highest BCUT2D eigenvalue weighted by Crippen LogP contribution is 2.28. The van der Waals surface area contributed by atoms with E-state index in [0.29, 0.717) is 22.5 Å². The van der Waals surface area contributed by atoms with Gasteiger partial charge in [0.15, 0.2) is 0 Å². The van der Waals surface area contributed by atoms with E-state index < -0.39 is 0 Å². The average Bonchev–Trinajstić information content (AvgIpc) is 2.21. The van der Waals surface area contributed by atoms with Gasteiger partial charge in [-0.25, -0.2) is 9.97 Å². The van der Waals surface area contributed by atoms with Crippen molar-refractivity contribution >= 4 is 44.9 Å². The molecule has 0 spiro atoms. The fraction of sp³-hybridized carbons (Fsp3) is 0.0909. The smallest absolute Gasteiger partial charge is 0.136 e. The predicted molar refractivity (Wildman–Crippen MR) is 73.6 cm³/mol. The Kier molecular flexibility index (Phi) is 3.49. The van der Waals surface area contributed by atoms with Crippen LogP contribution in [0.5, 0.6) is 0 Å². The lowest BCUT2D eigenvalue weighted by Gasteiger charge is -2.09. The molecule has 2 aromatic rings. The van der Waals surface area contributed by atoms with Gasteiger partial charge in [-0.1, -0.05) is 11.6 Å². The third-order valence-corrected chi connectivity index (χ3v) is 2.94. The molecular weight excluding hydrogens is 304 g/mol. The number of hydrogen-bond acceptors (Lipinski definition) is 4. The van der Waals surface area contributed by atoms with E-state index in [-0.39, 0.29) is 0 Å². The Bertz CT molecular complexity index is 539. The maximum absolute atomic E-state index is 5.87. The number of nitrogens with zero attached hydrogens (tertiary/aromatic N) is 2. The number of nitrogens with one attached hydrogen (secondary N) is 1. The molecule has 0 bridgehead atoms. The zero-order valence-corrected chi connectivity index (χ0v) is 11.4. The number of hydrogen-bond donors (Lipinski definition) is 2. The maximum atomic E-state index is 5.87. The molecule has 0 aliphatic rings. The third kappa shape index (κ3) is 3.08. The molecule has 88 valence electrons. The SMILES string of the molecule is Cc1nc(N)cc(Nc2ccc(Cl)cc2Br)n1. The summed E-state index contributed by atoms with van der Waals surface area (Å²) in [5.41, 5.74) is 6.52. The lowest BCUT2D eigenvalue weighted by atomic mass is 10.3. The van der Waals surface area contributed by atoms with Gasteiger partial charge in [0.1, 0.15) is 17.5 Å². The van der Waals surface area contributed by atoms with Gasteiger partial charge in [0, 0.05) is 15.6 Å². The molecule has 0 radical (unpaired) electrons. The van der Waals surface area contributed by atoms with Crippen LogP contribution in [0.2, 0.25) is 5.02 Å². The van der Waals surface area contributed by atoms with Gasteiger partial charge in [0.05, 0.1) is 5.69 Å². The summed E-state index contributed by atoms with van der Waals surface area (Å²) in [6.45, 7) is 1.79. The Labute approximate surface area is 112 Å². The van der Waals surface area contributed by atoms with Crippen LogP contribution in [0, 0.1) is 6.92 Å². The first-order chi connectivity index (χ1) is 8.04. The van der Waals surface area contributed by atoms with Crippen LogP contribution >= 0.6 is 27.5 Å². The van der Waals surface area contributed by atoms with Gasteiger partial charge in [-0.05, 0) is 41.1 Å². The highest BCUT2D eigenvalue weighted by atomic mass is 79.9. The normalized spacial score (nSPS) is 10.3. The Morgan fingerprint density at radius 1 is 1.29 bits per heavy atom. The quantitative estimate of drug-likeness (QED) is 0.890. The van der Waals surface area contributed by atoms with E-state index >= 15 is 0 Å². The fourth-order valence-corrected chi connectivity index (χ4v) is 2.17. The van der Waals surface area contributed by atoms with Crippen molar-refractivity contribution < 1.29 is 0 Å². The van der Waals surface area contributed by atoms with Crippen molar-refractivity contribution in [3.05, 3.63) is 39.6 Å². The molecule has 1 aromatic heterocycles. The van der Waals surface area contributed by atoms with E-state index in [4.69, 9.17) is 17.3 Å². The molecule has 2 rings (SSSR count). The number of rotatable bonds is 2. The Hall–Kier alpha value is -1.33. The second-order valence-electron chi connectivity index (χ2n) is 3.47. The molecule has 3 N–H and O–H groups in total. The van der Waals surface area contributed by atoms with Crippen LogP contribution in [0.1, 0.15) is 5.82 Å². The lowest BCUT2D eigenvalue weighted by molar-refractivity contribution is 1.06. The van der Waals surface area contributed by atoms with Gasteiger partial charge in [0.25, 0.3) is 0 Å². The summed E-state index contributed by atoms with van der Waals surface area (Å²) in [6.07, 6.45) is 0. The third-order valence-electron chi connectivity index (χ3n) is 2.05. The average molecular weight is 314 g/mol. The summed E-state index contributed by atoms with van der Waals surface area (Å²) in [5.74, 6) is 1.71. The molecule has 0 saturated carbocycles. The molecule has 0 atom stereocenters. The number of nitrogens with two attached hydrogens (primary N) is 1. The van der Waals surface area contributed by atoms with Crippen LogP contribution in [0.15, 0.2) is 28.7 Å². The van der Waals surface area contributed by atoms with Crippen molar-refractivity contribution in [1.82, 2.24) is 9.97 Å². The summed E-state index contributed by atoms with van der Waals surface area (Å²) in [4.78, 5) is 8.24. The number of aryl methyl sites for hydroxylation is 1. The monoisotopic (exact) mass is 312 g/mol. The zero-order chi connectivity index (χ0) is 12.4. The van der Waals surface area contributed by atoms with Crippen LogP contribution < -0.4 is 11.1 Å². The molecule has 1 heterocycles. The lowest BCUT2D eigenvalue weighted by Crippen LogP contribution is -2.00. The Morgan fingerprint density at radius 3 is 2.71 bits per heavy atom. The summed E-state index contributed by atoms with van der Waals surface area (Å²) >= 11 is 9.29. The first kappa shape index (κ1) is 12.1. The second-order valence-corrected chi connectivity index (χ2v) is 4.77. The van der Waals surface area contributed by atoms with E-state index in [1.165, 1.54) is 0 Å². The van der Waals surface area contributed by atoms with E-state index in [2.05, 4.69) is 31.2 Å². The molecular formula is C11H10BrClN4. The van der Waals surface area contributed by atoms with Gasteiger partial charge in [-0.2, -0.15) is 0 Å². The largest absolute Gasteiger partial charge is 0.384 e. The zero-order valence-electron chi connectivity index (χ0n) is 9.04. The predicted octanol–water partition coefficient (Wildman–Crippen LogP) is 3.53. The van der Waals surface area contributed by atoms with Crippen molar-refractivity contribution in [1.29, 1.82) is 0 Å². The summed E-state index contributed by atoms with van der Waals surface area (Å²) in [6, 6.07) is 7.14. The molecule has 0 saturated heterocycles. The molecule has 0 unspecified atom stereocenters.